The maximum atomic E-state index is 9.70. The SMILES string of the molecule is OC1CCCC1Cc1ccc(Br)cc1. The minimum atomic E-state index is -0.0707. The van der Waals surface area contributed by atoms with Crippen molar-refractivity contribution in [3.05, 3.63) is 34.3 Å². The number of halogens is 1. The zero-order chi connectivity index (χ0) is 9.97. The molecule has 1 nitrogen and oxygen atoms in total. The summed E-state index contributed by atoms with van der Waals surface area (Å²) in [4.78, 5) is 0. The van der Waals surface area contributed by atoms with Crippen molar-refractivity contribution in [3.8, 4) is 0 Å². The van der Waals surface area contributed by atoms with Gasteiger partial charge in [-0.3, -0.25) is 0 Å². The second-order valence-corrected chi connectivity index (χ2v) is 5.00. The Morgan fingerprint density at radius 3 is 2.50 bits per heavy atom. The summed E-state index contributed by atoms with van der Waals surface area (Å²) in [6.45, 7) is 0. The third-order valence-corrected chi connectivity index (χ3v) is 3.56. The van der Waals surface area contributed by atoms with Crippen LogP contribution in [0.3, 0.4) is 0 Å². The highest BCUT2D eigenvalue weighted by Crippen LogP contribution is 2.28. The molecular weight excluding hydrogens is 240 g/mol. The molecule has 1 N–H and O–H groups in total. The van der Waals surface area contributed by atoms with E-state index in [1.165, 1.54) is 18.4 Å². The van der Waals surface area contributed by atoms with Crippen LogP contribution in [0.5, 0.6) is 0 Å². The van der Waals surface area contributed by atoms with Crippen molar-refractivity contribution in [2.75, 3.05) is 0 Å². The summed E-state index contributed by atoms with van der Waals surface area (Å²) in [7, 11) is 0. The second kappa shape index (κ2) is 4.45. The van der Waals surface area contributed by atoms with Gasteiger partial charge in [-0.15, -0.1) is 0 Å². The van der Waals surface area contributed by atoms with Crippen LogP contribution < -0.4 is 0 Å². The van der Waals surface area contributed by atoms with E-state index in [0.717, 1.165) is 17.3 Å². The van der Waals surface area contributed by atoms with Gasteiger partial charge in [-0.25, -0.2) is 0 Å². The summed E-state index contributed by atoms with van der Waals surface area (Å²) >= 11 is 3.42. The summed E-state index contributed by atoms with van der Waals surface area (Å²) in [6, 6.07) is 8.40. The number of aliphatic hydroxyl groups is 1. The normalized spacial score (nSPS) is 26.7. The lowest BCUT2D eigenvalue weighted by Gasteiger charge is -2.13. The first-order chi connectivity index (χ1) is 6.75. The van der Waals surface area contributed by atoms with Gasteiger partial charge in [0.2, 0.25) is 0 Å². The lowest BCUT2D eigenvalue weighted by Crippen LogP contribution is -2.15. The molecule has 1 aromatic rings. The summed E-state index contributed by atoms with van der Waals surface area (Å²) in [5, 5.41) is 9.70. The van der Waals surface area contributed by atoms with Gasteiger partial charge in [0, 0.05) is 4.47 Å². The van der Waals surface area contributed by atoms with Gasteiger partial charge in [0.1, 0.15) is 0 Å². The zero-order valence-corrected chi connectivity index (χ0v) is 9.70. The predicted molar refractivity (Wildman–Crippen MR) is 61.2 cm³/mol. The van der Waals surface area contributed by atoms with Gasteiger partial charge < -0.3 is 5.11 Å². The van der Waals surface area contributed by atoms with Crippen molar-refractivity contribution in [1.29, 1.82) is 0 Å². The lowest BCUT2D eigenvalue weighted by atomic mass is 9.96. The Kier molecular flexibility index (Phi) is 3.24. The number of aliphatic hydroxyl groups excluding tert-OH is 1. The van der Waals surface area contributed by atoms with Crippen LogP contribution in [0.15, 0.2) is 28.7 Å². The third kappa shape index (κ3) is 2.37. The fourth-order valence-corrected chi connectivity index (χ4v) is 2.44. The Hall–Kier alpha value is -0.340. The second-order valence-electron chi connectivity index (χ2n) is 4.09. The third-order valence-electron chi connectivity index (χ3n) is 3.03. The van der Waals surface area contributed by atoms with Crippen LogP contribution in [-0.2, 0) is 6.42 Å². The van der Waals surface area contributed by atoms with Crippen LogP contribution in [0.4, 0.5) is 0 Å². The molecule has 0 spiro atoms. The van der Waals surface area contributed by atoms with Crippen molar-refractivity contribution in [2.24, 2.45) is 5.92 Å². The van der Waals surface area contributed by atoms with Gasteiger partial charge in [-0.05, 0) is 42.9 Å². The molecule has 1 aliphatic rings. The Morgan fingerprint density at radius 1 is 1.21 bits per heavy atom. The summed E-state index contributed by atoms with van der Waals surface area (Å²) in [6.07, 6.45) is 4.30. The molecule has 0 amide bonds. The molecule has 1 aromatic carbocycles. The maximum Gasteiger partial charge on any atom is 0.0571 e. The molecule has 0 heterocycles. The standard InChI is InChI=1S/C12H15BrO/c13-11-6-4-9(5-7-11)8-10-2-1-3-12(10)14/h4-7,10,12,14H,1-3,8H2. The zero-order valence-electron chi connectivity index (χ0n) is 8.12. The van der Waals surface area contributed by atoms with E-state index in [0.29, 0.717) is 5.92 Å². The number of hydrogen-bond donors (Lipinski definition) is 1. The quantitative estimate of drug-likeness (QED) is 0.860. The molecule has 2 unspecified atom stereocenters. The van der Waals surface area contributed by atoms with Crippen LogP contribution in [0, 0.1) is 5.92 Å². The molecular formula is C12H15BrO. The van der Waals surface area contributed by atoms with E-state index in [9.17, 15) is 5.11 Å². The van der Waals surface area contributed by atoms with E-state index in [4.69, 9.17) is 0 Å². The average Bonchev–Trinajstić information content (AvgIpc) is 2.56. The lowest BCUT2D eigenvalue weighted by molar-refractivity contribution is 0.132. The van der Waals surface area contributed by atoms with Crippen molar-refractivity contribution in [2.45, 2.75) is 31.8 Å². The molecule has 0 bridgehead atoms. The largest absolute Gasteiger partial charge is 0.393 e. The van der Waals surface area contributed by atoms with E-state index >= 15 is 0 Å². The van der Waals surface area contributed by atoms with Crippen molar-refractivity contribution in [1.82, 2.24) is 0 Å². The molecule has 0 saturated heterocycles. The number of rotatable bonds is 2. The summed E-state index contributed by atoms with van der Waals surface area (Å²) < 4.78 is 1.12. The van der Waals surface area contributed by atoms with Crippen LogP contribution in [0.25, 0.3) is 0 Å². The number of benzene rings is 1. The van der Waals surface area contributed by atoms with E-state index in [1.807, 2.05) is 0 Å². The first-order valence-electron chi connectivity index (χ1n) is 5.18. The molecule has 1 saturated carbocycles. The van der Waals surface area contributed by atoms with Gasteiger partial charge in [-0.2, -0.15) is 0 Å². The highest BCUT2D eigenvalue weighted by atomic mass is 79.9. The van der Waals surface area contributed by atoms with E-state index < -0.39 is 0 Å². The highest BCUT2D eigenvalue weighted by Gasteiger charge is 2.24. The molecule has 0 radical (unpaired) electrons. The first kappa shape index (κ1) is 10.2. The van der Waals surface area contributed by atoms with Crippen molar-refractivity contribution in [3.63, 3.8) is 0 Å². The maximum absolute atomic E-state index is 9.70. The van der Waals surface area contributed by atoms with Crippen molar-refractivity contribution < 1.29 is 5.11 Å². The molecule has 76 valence electrons. The average molecular weight is 255 g/mol. The fourth-order valence-electron chi connectivity index (χ4n) is 2.18. The van der Waals surface area contributed by atoms with Gasteiger partial charge >= 0.3 is 0 Å². The Balaban J connectivity index is 2.00. The molecule has 0 aromatic heterocycles. The Labute approximate surface area is 93.3 Å². The fraction of sp³-hybridized carbons (Fsp3) is 0.500. The smallest absolute Gasteiger partial charge is 0.0571 e. The van der Waals surface area contributed by atoms with Gasteiger partial charge in [-0.1, -0.05) is 34.5 Å². The monoisotopic (exact) mass is 254 g/mol. The topological polar surface area (TPSA) is 20.2 Å². The van der Waals surface area contributed by atoms with Gasteiger partial charge in [0.15, 0.2) is 0 Å². The molecule has 2 rings (SSSR count). The predicted octanol–water partition coefficient (Wildman–Crippen LogP) is 3.15. The van der Waals surface area contributed by atoms with Crippen LogP contribution in [-0.4, -0.2) is 11.2 Å². The molecule has 2 heteroatoms. The molecule has 14 heavy (non-hydrogen) atoms. The van der Waals surface area contributed by atoms with Crippen LogP contribution >= 0.6 is 15.9 Å². The minimum absolute atomic E-state index is 0.0707. The molecule has 1 fully saturated rings. The van der Waals surface area contributed by atoms with E-state index in [-0.39, 0.29) is 6.10 Å². The van der Waals surface area contributed by atoms with E-state index in [2.05, 4.69) is 40.2 Å². The van der Waals surface area contributed by atoms with Gasteiger partial charge in [0.25, 0.3) is 0 Å². The first-order valence-corrected chi connectivity index (χ1v) is 5.97. The molecule has 1 aliphatic carbocycles. The molecule has 2 atom stereocenters. The Morgan fingerprint density at radius 2 is 1.93 bits per heavy atom. The van der Waals surface area contributed by atoms with E-state index in [1.54, 1.807) is 0 Å². The number of hydrogen-bond acceptors (Lipinski definition) is 1. The molecule has 0 aliphatic heterocycles. The van der Waals surface area contributed by atoms with Crippen molar-refractivity contribution >= 4 is 15.9 Å². The van der Waals surface area contributed by atoms with Crippen LogP contribution in [0.2, 0.25) is 0 Å². The summed E-state index contributed by atoms with van der Waals surface area (Å²) in [5.41, 5.74) is 1.33. The minimum Gasteiger partial charge on any atom is -0.393 e. The van der Waals surface area contributed by atoms with Crippen LogP contribution in [0.1, 0.15) is 24.8 Å². The Bertz CT molecular complexity index is 294. The van der Waals surface area contributed by atoms with Gasteiger partial charge in [0.05, 0.1) is 6.10 Å². The highest BCUT2D eigenvalue weighted by molar-refractivity contribution is 9.10. The summed E-state index contributed by atoms with van der Waals surface area (Å²) in [5.74, 6) is 0.483.